The predicted octanol–water partition coefficient (Wildman–Crippen LogP) is 2.62. The van der Waals surface area contributed by atoms with Gasteiger partial charge < -0.3 is 0 Å². The molecule has 49 valence electrons. The minimum atomic E-state index is 0. The molecule has 1 saturated heterocycles. The van der Waals surface area contributed by atoms with E-state index in [1.54, 1.807) is 0 Å². The zero-order valence-electron chi connectivity index (χ0n) is 4.52. The normalized spacial score (nSPS) is 15.5. The Morgan fingerprint density at radius 2 is 1.50 bits per heavy atom. The molecule has 0 saturated carbocycles. The zero-order chi connectivity index (χ0) is 5.54. The molecule has 1 fully saturated rings. The molecule has 0 radical (unpaired) electrons. The molecule has 0 amide bonds. The molecule has 8 heavy (non-hydrogen) atoms. The molecular formula is C4H9Cl2SZr. The minimum absolute atomic E-state index is 0. The van der Waals surface area contributed by atoms with Crippen LogP contribution < -0.4 is 0 Å². The fraction of sp³-hybridized carbons (Fsp3) is 1.00. The van der Waals surface area contributed by atoms with Crippen molar-refractivity contribution in [2.24, 2.45) is 0 Å². The van der Waals surface area contributed by atoms with E-state index in [9.17, 15) is 0 Å². The van der Waals surface area contributed by atoms with Crippen LogP contribution in [0.3, 0.4) is 0 Å². The van der Waals surface area contributed by atoms with E-state index in [1.807, 2.05) is 0 Å². The number of hydrogen-bond donors (Lipinski definition) is 0. The van der Waals surface area contributed by atoms with E-state index in [2.05, 4.69) is 11.8 Å². The number of halogens is 2. The fourth-order valence-electron chi connectivity index (χ4n) is 0.510. The van der Waals surface area contributed by atoms with Gasteiger partial charge in [-0.2, -0.15) is 11.8 Å². The number of rotatable bonds is 0. The van der Waals surface area contributed by atoms with Crippen LogP contribution in [0.1, 0.15) is 12.8 Å². The van der Waals surface area contributed by atoms with Gasteiger partial charge in [-0.25, -0.2) is 0 Å². The molecule has 0 aromatic heterocycles. The Balaban J connectivity index is 0. The predicted molar refractivity (Wildman–Crippen MR) is 39.7 cm³/mol. The summed E-state index contributed by atoms with van der Waals surface area (Å²) < 4.78 is 0. The Morgan fingerprint density at radius 1 is 1.12 bits per heavy atom. The molecule has 0 bridgehead atoms. The van der Waals surface area contributed by atoms with Crippen LogP contribution >= 0.6 is 32.7 Å². The SMILES string of the molecule is C1CCSC1.Cl.[Cl][Zr]. The van der Waals surface area contributed by atoms with Gasteiger partial charge in [0, 0.05) is 0 Å². The van der Waals surface area contributed by atoms with E-state index in [1.165, 1.54) is 24.3 Å². The van der Waals surface area contributed by atoms with Crippen molar-refractivity contribution in [3.05, 3.63) is 0 Å². The molecule has 0 N–H and O–H groups in total. The van der Waals surface area contributed by atoms with E-state index < -0.39 is 0 Å². The molecule has 1 rings (SSSR count). The summed E-state index contributed by atoms with van der Waals surface area (Å²) in [5.41, 5.74) is 0. The summed E-state index contributed by atoms with van der Waals surface area (Å²) in [6.07, 6.45) is 2.93. The second-order valence-corrected chi connectivity index (χ2v) is 2.54. The second kappa shape index (κ2) is 11.6. The van der Waals surface area contributed by atoms with Crippen LogP contribution in [0.25, 0.3) is 0 Å². The molecule has 0 spiro atoms. The van der Waals surface area contributed by atoms with Gasteiger partial charge in [-0.1, -0.05) is 0 Å². The van der Waals surface area contributed by atoms with Crippen molar-refractivity contribution < 1.29 is 23.5 Å². The Morgan fingerprint density at radius 3 is 1.62 bits per heavy atom. The molecule has 0 aromatic carbocycles. The first-order valence-corrected chi connectivity index (χ1v) is 6.59. The summed E-state index contributed by atoms with van der Waals surface area (Å²) in [4.78, 5) is 0. The van der Waals surface area contributed by atoms with Gasteiger partial charge in [0.1, 0.15) is 0 Å². The average Bonchev–Trinajstić information content (AvgIpc) is 2.23. The van der Waals surface area contributed by atoms with Gasteiger partial charge >= 0.3 is 32.0 Å². The van der Waals surface area contributed by atoms with Gasteiger partial charge in [0.05, 0.1) is 0 Å². The van der Waals surface area contributed by atoms with Gasteiger partial charge in [0.2, 0.25) is 0 Å². The summed E-state index contributed by atoms with van der Waals surface area (Å²) in [6.45, 7) is 0. The van der Waals surface area contributed by atoms with Crippen molar-refractivity contribution in [3.63, 3.8) is 0 Å². The Kier molecular flexibility index (Phi) is 18.1. The van der Waals surface area contributed by atoms with Crippen molar-refractivity contribution in [2.45, 2.75) is 12.8 Å². The van der Waals surface area contributed by atoms with Crippen molar-refractivity contribution in [1.29, 1.82) is 0 Å². The molecule has 0 aliphatic carbocycles. The standard InChI is InChI=1S/C4H8S.2ClH.Zr/c1-2-4-5-3-1;;;/h1-4H2;2*1H;/q;;;+1/p-1. The molecule has 0 atom stereocenters. The summed E-state index contributed by atoms with van der Waals surface area (Å²) >= 11 is 3.10. The topological polar surface area (TPSA) is 0 Å². The summed E-state index contributed by atoms with van der Waals surface area (Å²) in [7, 11) is 4.73. The van der Waals surface area contributed by atoms with Gasteiger partial charge in [-0.05, 0) is 24.3 Å². The number of hydrogen-bond acceptors (Lipinski definition) is 1. The Bertz CT molecular complexity index is 25.6. The van der Waals surface area contributed by atoms with E-state index in [0.717, 1.165) is 23.5 Å². The van der Waals surface area contributed by atoms with E-state index in [4.69, 9.17) is 8.51 Å². The van der Waals surface area contributed by atoms with Crippen molar-refractivity contribution >= 4 is 32.7 Å². The van der Waals surface area contributed by atoms with Gasteiger partial charge in [-0.3, -0.25) is 0 Å². The monoisotopic (exact) mass is 249 g/mol. The van der Waals surface area contributed by atoms with Crippen LogP contribution in [0, 0.1) is 0 Å². The summed E-state index contributed by atoms with van der Waals surface area (Å²) in [6, 6.07) is 0. The first-order chi connectivity index (χ1) is 3.50. The maximum absolute atomic E-state index is 4.73. The van der Waals surface area contributed by atoms with E-state index in [0.29, 0.717) is 0 Å². The molecule has 0 aromatic rings. The van der Waals surface area contributed by atoms with Crippen molar-refractivity contribution in [3.8, 4) is 0 Å². The molecule has 1 aliphatic heterocycles. The second-order valence-electron chi connectivity index (χ2n) is 1.32. The molecule has 0 unspecified atom stereocenters. The third-order valence-corrected chi connectivity index (χ3v) is 1.98. The fourth-order valence-corrected chi connectivity index (χ4v) is 1.53. The molecule has 1 heterocycles. The van der Waals surface area contributed by atoms with Crippen LogP contribution in [0.2, 0.25) is 0 Å². The van der Waals surface area contributed by atoms with Crippen LogP contribution in [0.4, 0.5) is 0 Å². The van der Waals surface area contributed by atoms with E-state index in [-0.39, 0.29) is 12.4 Å². The van der Waals surface area contributed by atoms with Crippen LogP contribution in [-0.2, 0) is 23.5 Å². The third kappa shape index (κ3) is 7.81. The van der Waals surface area contributed by atoms with Gasteiger partial charge in [0.15, 0.2) is 0 Å². The van der Waals surface area contributed by atoms with Gasteiger partial charge in [0.25, 0.3) is 0 Å². The number of thioether (sulfide) groups is 1. The van der Waals surface area contributed by atoms with Gasteiger partial charge in [-0.15, -0.1) is 12.4 Å². The van der Waals surface area contributed by atoms with Crippen molar-refractivity contribution in [1.82, 2.24) is 0 Å². The first kappa shape index (κ1) is 12.5. The summed E-state index contributed by atoms with van der Waals surface area (Å²) in [5.74, 6) is 2.83. The molecule has 1 aliphatic rings. The first-order valence-electron chi connectivity index (χ1n) is 2.27. The Hall–Kier alpha value is 1.81. The van der Waals surface area contributed by atoms with E-state index >= 15 is 0 Å². The maximum atomic E-state index is 4.73. The molecule has 0 nitrogen and oxygen atoms in total. The Labute approximate surface area is 79.9 Å². The summed E-state index contributed by atoms with van der Waals surface area (Å²) in [5, 5.41) is 0. The molecular weight excluding hydrogens is 242 g/mol. The van der Waals surface area contributed by atoms with Crippen molar-refractivity contribution in [2.75, 3.05) is 11.5 Å². The third-order valence-electron chi connectivity index (χ3n) is 0.827. The average molecular weight is 251 g/mol. The van der Waals surface area contributed by atoms with Crippen LogP contribution in [0.5, 0.6) is 0 Å². The zero-order valence-corrected chi connectivity index (χ0v) is 9.37. The van der Waals surface area contributed by atoms with Crippen LogP contribution in [0.15, 0.2) is 0 Å². The quantitative estimate of drug-likeness (QED) is 0.638. The van der Waals surface area contributed by atoms with Crippen LogP contribution in [-0.4, -0.2) is 11.5 Å². The molecule has 4 heteroatoms.